The first-order chi connectivity index (χ1) is 14.3. The summed E-state index contributed by atoms with van der Waals surface area (Å²) in [4.78, 5) is 41.8. The van der Waals surface area contributed by atoms with E-state index in [0.717, 1.165) is 10.9 Å². The van der Waals surface area contributed by atoms with Gasteiger partial charge in [0.05, 0.1) is 33.8 Å². The number of ether oxygens (including phenoxy) is 1. The van der Waals surface area contributed by atoms with Crippen molar-refractivity contribution < 1.29 is 19.6 Å². The fourth-order valence-electron chi connectivity index (χ4n) is 4.55. The van der Waals surface area contributed by atoms with E-state index >= 15 is 0 Å². The van der Waals surface area contributed by atoms with Gasteiger partial charge in [-0.25, -0.2) is 9.78 Å². The van der Waals surface area contributed by atoms with Crippen LogP contribution in [0, 0.1) is 17.0 Å². The molecule has 0 fully saturated rings. The molecule has 0 saturated carbocycles. The Morgan fingerprint density at radius 1 is 1.30 bits per heavy atom. The van der Waals surface area contributed by atoms with Crippen molar-refractivity contribution in [3.05, 3.63) is 67.0 Å². The Hall–Kier alpha value is -3.59. The Morgan fingerprint density at radius 2 is 2.03 bits per heavy atom. The quantitative estimate of drug-likeness (QED) is 0.307. The van der Waals surface area contributed by atoms with Crippen LogP contribution in [0.4, 0.5) is 5.69 Å². The molecule has 9 heteroatoms. The molecular formula is C21H17N3O6. The summed E-state index contributed by atoms with van der Waals surface area (Å²) in [5, 5.41) is 24.1. The van der Waals surface area contributed by atoms with Crippen molar-refractivity contribution in [2.45, 2.75) is 39.0 Å². The molecule has 152 valence electrons. The van der Waals surface area contributed by atoms with Crippen LogP contribution in [0.15, 0.2) is 29.1 Å². The third-order valence-corrected chi connectivity index (χ3v) is 6.15. The number of aryl methyl sites for hydroxylation is 1. The number of carbonyl (C=O) groups excluding carboxylic acids is 1. The van der Waals surface area contributed by atoms with Gasteiger partial charge in [-0.15, -0.1) is 0 Å². The second kappa shape index (κ2) is 5.96. The molecule has 1 aromatic carbocycles. The first-order valence-corrected chi connectivity index (χ1v) is 9.52. The number of cyclic esters (lactones) is 1. The highest BCUT2D eigenvalue weighted by atomic mass is 16.6. The van der Waals surface area contributed by atoms with Crippen molar-refractivity contribution in [3.8, 4) is 11.4 Å². The molecule has 0 amide bonds. The minimum absolute atomic E-state index is 0.0224. The molecule has 2 aliphatic heterocycles. The SMILES string of the molecule is CC[C@@]1(O)C(=O)OCc2c1c([N+](=O)[O-])c1n(c2=O)Cc2c-1nc1ccccc1c2C. The molecule has 2 aromatic heterocycles. The van der Waals surface area contributed by atoms with Gasteiger partial charge in [0.1, 0.15) is 12.3 Å². The number of pyridine rings is 2. The van der Waals surface area contributed by atoms with Crippen molar-refractivity contribution >= 4 is 22.6 Å². The summed E-state index contributed by atoms with van der Waals surface area (Å²) in [6, 6.07) is 7.40. The second-order valence-corrected chi connectivity index (χ2v) is 7.57. The number of nitro groups is 1. The Kier molecular flexibility index (Phi) is 3.66. The van der Waals surface area contributed by atoms with Crippen LogP contribution in [0.1, 0.15) is 35.6 Å². The molecule has 0 saturated heterocycles. The number of aliphatic hydroxyl groups is 1. The fourth-order valence-corrected chi connectivity index (χ4v) is 4.55. The molecule has 0 unspecified atom stereocenters. The van der Waals surface area contributed by atoms with Crippen molar-refractivity contribution in [3.63, 3.8) is 0 Å². The van der Waals surface area contributed by atoms with E-state index in [1.54, 1.807) is 6.07 Å². The molecule has 1 N–H and O–H groups in total. The van der Waals surface area contributed by atoms with Crippen LogP contribution in [0.5, 0.6) is 0 Å². The summed E-state index contributed by atoms with van der Waals surface area (Å²) < 4.78 is 6.31. The van der Waals surface area contributed by atoms with Crippen LogP contribution in [0.2, 0.25) is 0 Å². The van der Waals surface area contributed by atoms with E-state index in [1.165, 1.54) is 11.5 Å². The van der Waals surface area contributed by atoms with Crippen molar-refractivity contribution in [1.29, 1.82) is 0 Å². The van der Waals surface area contributed by atoms with E-state index in [-0.39, 0.29) is 29.8 Å². The van der Waals surface area contributed by atoms with Gasteiger partial charge in [-0.3, -0.25) is 19.5 Å². The second-order valence-electron chi connectivity index (χ2n) is 7.57. The molecule has 0 spiro atoms. The number of carbonyl (C=O) groups is 1. The minimum Gasteiger partial charge on any atom is -0.458 e. The standard InChI is InChI=1S/C21H17N3O6/c1-3-21(27)15-13(9-30-20(21)26)19(25)23-8-12-10(2)11-6-4-5-7-14(11)22-16(12)18(23)17(15)24(28)29/h4-7,27H,3,8-9H2,1-2H3/t21-/m0/s1. The number of aromatic nitrogens is 2. The number of nitrogens with zero attached hydrogens (tertiary/aromatic N) is 3. The average molecular weight is 407 g/mol. The van der Waals surface area contributed by atoms with Crippen LogP contribution in [0.25, 0.3) is 22.3 Å². The summed E-state index contributed by atoms with van der Waals surface area (Å²) in [6.45, 7) is 3.11. The number of para-hydroxylation sites is 1. The normalized spacial score (nSPS) is 19.2. The van der Waals surface area contributed by atoms with Crippen molar-refractivity contribution in [2.24, 2.45) is 0 Å². The predicted molar refractivity (Wildman–Crippen MR) is 106 cm³/mol. The van der Waals surface area contributed by atoms with Gasteiger partial charge < -0.3 is 9.84 Å². The third-order valence-electron chi connectivity index (χ3n) is 6.15. The summed E-state index contributed by atoms with van der Waals surface area (Å²) in [6.07, 6.45) is -0.167. The van der Waals surface area contributed by atoms with Gasteiger partial charge in [0.15, 0.2) is 5.60 Å². The zero-order valence-corrected chi connectivity index (χ0v) is 16.3. The molecule has 3 aromatic rings. The number of rotatable bonds is 2. The molecule has 4 heterocycles. The minimum atomic E-state index is -2.26. The lowest BCUT2D eigenvalue weighted by molar-refractivity contribution is -0.386. The Labute approximate surface area is 169 Å². The number of fused-ring (bicyclic) bond motifs is 5. The number of hydrogen-bond acceptors (Lipinski definition) is 7. The van der Waals surface area contributed by atoms with Crippen molar-refractivity contribution in [2.75, 3.05) is 0 Å². The zero-order chi connectivity index (χ0) is 21.4. The van der Waals surface area contributed by atoms with Crippen LogP contribution in [-0.2, 0) is 28.3 Å². The van der Waals surface area contributed by atoms with E-state index in [0.29, 0.717) is 16.8 Å². The van der Waals surface area contributed by atoms with E-state index in [1.807, 2.05) is 25.1 Å². The smallest absolute Gasteiger partial charge is 0.343 e. The van der Waals surface area contributed by atoms with Crippen LogP contribution in [-0.4, -0.2) is 25.6 Å². The van der Waals surface area contributed by atoms with Gasteiger partial charge >= 0.3 is 11.7 Å². The predicted octanol–water partition coefficient (Wildman–Crippen LogP) is 2.30. The van der Waals surface area contributed by atoms with Gasteiger partial charge in [0, 0.05) is 10.9 Å². The molecule has 9 nitrogen and oxygen atoms in total. The monoisotopic (exact) mass is 407 g/mol. The van der Waals surface area contributed by atoms with Gasteiger partial charge in [-0.2, -0.15) is 0 Å². The molecule has 1 atom stereocenters. The van der Waals surface area contributed by atoms with E-state index in [9.17, 15) is 24.8 Å². The van der Waals surface area contributed by atoms with Crippen LogP contribution >= 0.6 is 0 Å². The maximum Gasteiger partial charge on any atom is 0.343 e. The van der Waals surface area contributed by atoms with E-state index in [4.69, 9.17) is 4.74 Å². The van der Waals surface area contributed by atoms with Crippen LogP contribution in [0.3, 0.4) is 0 Å². The number of esters is 1. The summed E-state index contributed by atoms with van der Waals surface area (Å²) in [5.74, 6) is -0.995. The molecule has 0 radical (unpaired) electrons. The first kappa shape index (κ1) is 18.4. The Morgan fingerprint density at radius 3 is 2.73 bits per heavy atom. The molecule has 30 heavy (non-hydrogen) atoms. The molecule has 0 bridgehead atoms. The maximum atomic E-state index is 13.3. The highest BCUT2D eigenvalue weighted by Crippen LogP contribution is 2.46. The lowest BCUT2D eigenvalue weighted by atomic mass is 9.84. The first-order valence-electron chi connectivity index (χ1n) is 9.52. The summed E-state index contributed by atoms with van der Waals surface area (Å²) in [7, 11) is 0. The molecule has 0 aliphatic carbocycles. The molecular weight excluding hydrogens is 390 g/mol. The number of benzene rings is 1. The lowest BCUT2D eigenvalue weighted by Crippen LogP contribution is -2.45. The van der Waals surface area contributed by atoms with E-state index < -0.39 is 34.3 Å². The Balaban J connectivity index is 1.96. The van der Waals surface area contributed by atoms with E-state index in [2.05, 4.69) is 4.98 Å². The fraction of sp³-hybridized carbons (Fsp3) is 0.286. The largest absolute Gasteiger partial charge is 0.458 e. The molecule has 5 rings (SSSR count). The lowest BCUT2D eigenvalue weighted by Gasteiger charge is -2.31. The summed E-state index contributed by atoms with van der Waals surface area (Å²) in [5.41, 5.74) is -1.01. The highest BCUT2D eigenvalue weighted by molar-refractivity contribution is 5.92. The van der Waals surface area contributed by atoms with Gasteiger partial charge in [0.25, 0.3) is 5.56 Å². The zero-order valence-electron chi connectivity index (χ0n) is 16.3. The average Bonchev–Trinajstić information content (AvgIpc) is 3.11. The number of hydrogen-bond donors (Lipinski definition) is 1. The maximum absolute atomic E-state index is 13.3. The van der Waals surface area contributed by atoms with Gasteiger partial charge in [0.2, 0.25) is 0 Å². The summed E-state index contributed by atoms with van der Waals surface area (Å²) >= 11 is 0. The van der Waals surface area contributed by atoms with Crippen molar-refractivity contribution in [1.82, 2.24) is 9.55 Å². The Bertz CT molecular complexity index is 1360. The highest BCUT2D eigenvalue weighted by Gasteiger charge is 2.51. The van der Waals surface area contributed by atoms with Gasteiger partial charge in [-0.1, -0.05) is 25.1 Å². The van der Waals surface area contributed by atoms with Crippen LogP contribution < -0.4 is 5.56 Å². The topological polar surface area (TPSA) is 125 Å². The molecule has 2 aliphatic rings. The third kappa shape index (κ3) is 2.12. The van der Waals surface area contributed by atoms with Gasteiger partial charge in [-0.05, 0) is 25.0 Å².